The normalized spacial score (nSPS) is 21.6. The number of amides is 3. The number of nitrogens with zero attached hydrogens (tertiary/aromatic N) is 2. The van der Waals surface area contributed by atoms with Crippen LogP contribution in [0.25, 0.3) is 0 Å². The summed E-state index contributed by atoms with van der Waals surface area (Å²) in [5, 5.41) is 16.8. The number of ether oxygens (including phenoxy) is 1. The first-order valence-corrected chi connectivity index (χ1v) is 16.4. The molecule has 0 radical (unpaired) electrons. The molecule has 238 valence electrons. The van der Waals surface area contributed by atoms with Crippen molar-refractivity contribution in [3.63, 3.8) is 0 Å². The molecule has 0 unspecified atom stereocenters. The second kappa shape index (κ2) is 14.1. The number of hydrogen-bond donors (Lipinski definition) is 3. The van der Waals surface area contributed by atoms with Gasteiger partial charge in [0, 0.05) is 45.2 Å². The van der Waals surface area contributed by atoms with Crippen LogP contribution in [0.4, 0.5) is 0 Å². The van der Waals surface area contributed by atoms with Gasteiger partial charge in [0.15, 0.2) is 0 Å². The molecular formula is C35H48N4O5. The molecule has 2 aliphatic heterocycles. The lowest BCUT2D eigenvalue weighted by molar-refractivity contribution is -0.163. The van der Waals surface area contributed by atoms with E-state index in [0.717, 1.165) is 68.6 Å². The molecule has 0 bridgehead atoms. The number of aliphatic hydroxyl groups is 1. The summed E-state index contributed by atoms with van der Waals surface area (Å²) >= 11 is 0. The summed E-state index contributed by atoms with van der Waals surface area (Å²) in [5.74, 6) is 0.587. The molecule has 2 aromatic rings. The minimum atomic E-state index is -0.865. The van der Waals surface area contributed by atoms with Crippen molar-refractivity contribution in [2.24, 2.45) is 0 Å². The van der Waals surface area contributed by atoms with Crippen LogP contribution in [0.2, 0.25) is 0 Å². The zero-order valence-corrected chi connectivity index (χ0v) is 26.3. The molecule has 9 heteroatoms. The maximum absolute atomic E-state index is 13.8. The molecule has 1 atom stereocenters. The first-order chi connectivity index (χ1) is 21.2. The summed E-state index contributed by atoms with van der Waals surface area (Å²) in [4.78, 5) is 43.5. The van der Waals surface area contributed by atoms with E-state index in [2.05, 4.69) is 34.6 Å². The molecule has 5 rings (SSSR count). The lowest BCUT2D eigenvalue weighted by Gasteiger charge is -2.52. The van der Waals surface area contributed by atoms with Gasteiger partial charge < -0.3 is 25.4 Å². The van der Waals surface area contributed by atoms with Gasteiger partial charge in [0.1, 0.15) is 23.9 Å². The predicted molar refractivity (Wildman–Crippen MR) is 169 cm³/mol. The van der Waals surface area contributed by atoms with Crippen LogP contribution < -0.4 is 15.4 Å². The van der Waals surface area contributed by atoms with Crippen LogP contribution in [0.15, 0.2) is 48.5 Å². The number of carbonyl (C=O) groups is 3. The van der Waals surface area contributed by atoms with Crippen LogP contribution in [0.3, 0.4) is 0 Å². The Balaban J connectivity index is 1.16. The fraction of sp³-hybridized carbons (Fsp3) is 0.571. The summed E-state index contributed by atoms with van der Waals surface area (Å²) in [6.45, 7) is 5.31. The van der Waals surface area contributed by atoms with Gasteiger partial charge in [-0.3, -0.25) is 19.3 Å². The number of piperidine rings is 1. The topological polar surface area (TPSA) is 111 Å². The number of piperazine rings is 1. The van der Waals surface area contributed by atoms with Crippen molar-refractivity contribution in [2.45, 2.75) is 101 Å². The average Bonchev–Trinajstić information content (AvgIpc) is 3.04. The second-order valence-electron chi connectivity index (χ2n) is 12.9. The molecular weight excluding hydrogens is 556 g/mol. The lowest BCUT2D eigenvalue weighted by Crippen LogP contribution is -2.73. The Labute approximate surface area is 261 Å². The fourth-order valence-electron chi connectivity index (χ4n) is 7.04. The van der Waals surface area contributed by atoms with Crippen LogP contribution in [0.1, 0.15) is 92.6 Å². The molecule has 44 heavy (non-hydrogen) atoms. The number of likely N-dealkylation sites (tertiary alicyclic amines) is 1. The zero-order chi connectivity index (χ0) is 31.2. The van der Waals surface area contributed by atoms with Gasteiger partial charge in [-0.05, 0) is 67.5 Å². The number of rotatable bonds is 11. The first-order valence-electron chi connectivity index (χ1n) is 16.4. The Morgan fingerprint density at radius 2 is 1.64 bits per heavy atom. The van der Waals surface area contributed by atoms with E-state index in [4.69, 9.17) is 4.74 Å². The molecule has 1 spiro atoms. The van der Waals surface area contributed by atoms with E-state index in [1.165, 1.54) is 0 Å². The first kappa shape index (κ1) is 32.0. The van der Waals surface area contributed by atoms with E-state index >= 15 is 0 Å². The smallest absolute Gasteiger partial charge is 0.251 e. The SMILES string of the molecule is CCCCN1C(=O)[C@@H](CC2(O)CCCCC2)NC(=O)C12CCN(Cc1ccc(OCc3ccc(C(=O)NC)cc3)cc1)CC2. The number of benzene rings is 2. The number of unbranched alkanes of at least 4 members (excludes halogenated alkanes) is 1. The van der Waals surface area contributed by atoms with Gasteiger partial charge in [0.05, 0.1) is 5.60 Å². The predicted octanol–water partition coefficient (Wildman–Crippen LogP) is 4.17. The average molecular weight is 605 g/mol. The number of carbonyl (C=O) groups excluding carboxylic acids is 3. The third kappa shape index (κ3) is 7.26. The van der Waals surface area contributed by atoms with Crippen molar-refractivity contribution in [3.8, 4) is 5.75 Å². The van der Waals surface area contributed by atoms with Gasteiger partial charge in [-0.1, -0.05) is 56.9 Å². The van der Waals surface area contributed by atoms with E-state index in [-0.39, 0.29) is 17.7 Å². The van der Waals surface area contributed by atoms with Crippen LogP contribution >= 0.6 is 0 Å². The highest BCUT2D eigenvalue weighted by Crippen LogP contribution is 2.37. The second-order valence-corrected chi connectivity index (χ2v) is 12.9. The van der Waals surface area contributed by atoms with Crippen molar-refractivity contribution in [1.82, 2.24) is 20.4 Å². The van der Waals surface area contributed by atoms with Crippen molar-refractivity contribution in [3.05, 3.63) is 65.2 Å². The fourth-order valence-corrected chi connectivity index (χ4v) is 7.04. The van der Waals surface area contributed by atoms with Crippen molar-refractivity contribution >= 4 is 17.7 Å². The maximum atomic E-state index is 13.8. The van der Waals surface area contributed by atoms with E-state index < -0.39 is 17.2 Å². The van der Waals surface area contributed by atoms with Gasteiger partial charge in [-0.25, -0.2) is 0 Å². The molecule has 9 nitrogen and oxygen atoms in total. The Kier molecular flexibility index (Phi) is 10.3. The van der Waals surface area contributed by atoms with Crippen LogP contribution in [-0.4, -0.2) is 76.5 Å². The van der Waals surface area contributed by atoms with Crippen molar-refractivity contribution in [2.75, 3.05) is 26.7 Å². The minimum absolute atomic E-state index is 0.0245. The molecule has 1 saturated carbocycles. The van der Waals surface area contributed by atoms with Crippen molar-refractivity contribution < 1.29 is 24.2 Å². The third-order valence-electron chi connectivity index (χ3n) is 9.77. The highest BCUT2D eigenvalue weighted by atomic mass is 16.5. The van der Waals surface area contributed by atoms with Gasteiger partial charge in [0.2, 0.25) is 11.8 Å². The van der Waals surface area contributed by atoms with E-state index in [0.29, 0.717) is 50.8 Å². The minimum Gasteiger partial charge on any atom is -0.489 e. The number of hydrogen-bond acceptors (Lipinski definition) is 6. The quantitative estimate of drug-likeness (QED) is 0.355. The van der Waals surface area contributed by atoms with Gasteiger partial charge in [-0.15, -0.1) is 0 Å². The highest BCUT2D eigenvalue weighted by Gasteiger charge is 2.54. The van der Waals surface area contributed by atoms with Crippen molar-refractivity contribution in [1.29, 1.82) is 0 Å². The molecule has 3 aliphatic rings. The summed E-state index contributed by atoms with van der Waals surface area (Å²) < 4.78 is 5.96. The Hall–Kier alpha value is -3.43. The lowest BCUT2D eigenvalue weighted by atomic mass is 9.77. The van der Waals surface area contributed by atoms with E-state index in [1.54, 1.807) is 19.2 Å². The summed E-state index contributed by atoms with van der Waals surface area (Å²) in [6, 6.07) is 14.8. The zero-order valence-electron chi connectivity index (χ0n) is 26.3. The molecule has 2 aromatic carbocycles. The Morgan fingerprint density at radius 3 is 2.27 bits per heavy atom. The Morgan fingerprint density at radius 1 is 0.977 bits per heavy atom. The van der Waals surface area contributed by atoms with Gasteiger partial charge in [-0.2, -0.15) is 0 Å². The monoisotopic (exact) mass is 604 g/mol. The highest BCUT2D eigenvalue weighted by molar-refractivity contribution is 6.00. The molecule has 1 aliphatic carbocycles. The summed E-state index contributed by atoms with van der Waals surface area (Å²) in [7, 11) is 1.62. The molecule has 3 fully saturated rings. The molecule has 3 amide bonds. The van der Waals surface area contributed by atoms with Gasteiger partial charge in [0.25, 0.3) is 5.91 Å². The van der Waals surface area contributed by atoms with Crippen LogP contribution in [-0.2, 0) is 22.7 Å². The molecule has 2 heterocycles. The molecule has 0 aromatic heterocycles. The Bertz CT molecular complexity index is 1280. The third-order valence-corrected chi connectivity index (χ3v) is 9.77. The summed E-state index contributed by atoms with van der Waals surface area (Å²) in [5.41, 5.74) is 1.09. The maximum Gasteiger partial charge on any atom is 0.251 e. The van der Waals surface area contributed by atoms with E-state index in [1.807, 2.05) is 29.2 Å². The van der Waals surface area contributed by atoms with Crippen LogP contribution in [0, 0.1) is 0 Å². The summed E-state index contributed by atoms with van der Waals surface area (Å²) in [6.07, 6.45) is 7.77. The molecule has 3 N–H and O–H groups in total. The largest absolute Gasteiger partial charge is 0.489 e. The standard InChI is InChI=1S/C35H48N4O5/c1-3-4-20-39-32(41)30(23-34(43)16-6-5-7-17-34)37-33(42)35(39)18-21-38(22-19-35)24-26-10-14-29(15-11-26)44-25-27-8-12-28(13-9-27)31(40)36-2/h8-15,30,43H,3-7,16-25H2,1-2H3,(H,36,40)(H,37,42)/t30-/m1/s1. The van der Waals surface area contributed by atoms with Crippen LogP contribution in [0.5, 0.6) is 5.75 Å². The molecule has 2 saturated heterocycles. The van der Waals surface area contributed by atoms with E-state index in [9.17, 15) is 19.5 Å². The number of nitrogens with one attached hydrogen (secondary N) is 2. The van der Waals surface area contributed by atoms with Gasteiger partial charge >= 0.3 is 0 Å².